The highest BCUT2D eigenvalue weighted by atomic mass is 16.6. The monoisotopic (exact) mass is 462 g/mol. The minimum absolute atomic E-state index is 0.115. The maximum Gasteiger partial charge on any atom is 0.410 e. The summed E-state index contributed by atoms with van der Waals surface area (Å²) in [5.74, 6) is -1.45. The number of aliphatic carboxylic acids is 1. The smallest absolute Gasteiger partial charge is 0.410 e. The van der Waals surface area contributed by atoms with E-state index < -0.39 is 12.1 Å². The maximum atomic E-state index is 13.0. The Kier molecular flexibility index (Phi) is 11.7. The predicted molar refractivity (Wildman–Crippen MR) is 126 cm³/mol. The largest absolute Gasteiger partial charge is 0.480 e. The molecule has 9 nitrogen and oxygen atoms in total. The Bertz CT molecular complexity index is 736. The van der Waals surface area contributed by atoms with Gasteiger partial charge >= 0.3 is 12.1 Å². The van der Waals surface area contributed by atoms with Crippen LogP contribution in [0.15, 0.2) is 30.3 Å². The van der Waals surface area contributed by atoms with Crippen molar-refractivity contribution in [1.29, 1.82) is 0 Å². The molecule has 2 amide bonds. The van der Waals surface area contributed by atoms with Gasteiger partial charge in [-0.2, -0.15) is 0 Å². The molecule has 1 aromatic carbocycles. The minimum Gasteiger partial charge on any atom is -0.480 e. The lowest BCUT2D eigenvalue weighted by molar-refractivity contribution is -0.144. The molecule has 0 aromatic heterocycles. The molecule has 2 rings (SSSR count). The average molecular weight is 463 g/mol. The van der Waals surface area contributed by atoms with Crippen LogP contribution in [0, 0.1) is 0 Å². The topological polar surface area (TPSA) is 93.6 Å². The average Bonchev–Trinajstić information content (AvgIpc) is 3.34. The Labute approximate surface area is 196 Å². The molecule has 1 heterocycles. The molecular weight excluding hydrogens is 424 g/mol. The SMILES string of the molecule is CCN(CC)CCN(CC(=O)N(CCN1CCCC1)CC(=O)O)C(=O)OCc1ccccc1. The molecule has 184 valence electrons. The van der Waals surface area contributed by atoms with Gasteiger partial charge in [0.05, 0.1) is 0 Å². The molecule has 1 N–H and O–H groups in total. The lowest BCUT2D eigenvalue weighted by Gasteiger charge is -2.29. The summed E-state index contributed by atoms with van der Waals surface area (Å²) in [4.78, 5) is 44.3. The second-order valence-electron chi connectivity index (χ2n) is 8.25. The molecule has 1 fully saturated rings. The van der Waals surface area contributed by atoms with Crippen LogP contribution in [-0.2, 0) is 20.9 Å². The lowest BCUT2D eigenvalue weighted by atomic mass is 10.2. The van der Waals surface area contributed by atoms with Crippen LogP contribution in [0.4, 0.5) is 4.79 Å². The van der Waals surface area contributed by atoms with E-state index in [0.717, 1.165) is 44.6 Å². The van der Waals surface area contributed by atoms with Crippen LogP contribution in [0.1, 0.15) is 32.3 Å². The van der Waals surface area contributed by atoms with Crippen molar-refractivity contribution < 1.29 is 24.2 Å². The van der Waals surface area contributed by atoms with Gasteiger partial charge in [-0.25, -0.2) is 4.79 Å². The third-order valence-electron chi connectivity index (χ3n) is 5.93. The number of hydrogen-bond donors (Lipinski definition) is 1. The molecule has 0 aliphatic carbocycles. The summed E-state index contributed by atoms with van der Waals surface area (Å²) in [7, 11) is 0. The van der Waals surface area contributed by atoms with Gasteiger partial charge in [-0.3, -0.25) is 14.5 Å². The number of likely N-dealkylation sites (N-methyl/N-ethyl adjacent to an activating group) is 1. The van der Waals surface area contributed by atoms with Crippen LogP contribution in [-0.4, -0.2) is 108 Å². The summed E-state index contributed by atoms with van der Waals surface area (Å²) in [5.41, 5.74) is 0.860. The Morgan fingerprint density at radius 1 is 0.939 bits per heavy atom. The molecule has 0 bridgehead atoms. The fourth-order valence-electron chi connectivity index (χ4n) is 3.83. The minimum atomic E-state index is -1.06. The maximum absolute atomic E-state index is 13.0. The molecule has 0 radical (unpaired) electrons. The number of hydrogen-bond acceptors (Lipinski definition) is 6. The van der Waals surface area contributed by atoms with E-state index in [1.165, 1.54) is 9.80 Å². The number of ether oxygens (including phenoxy) is 1. The van der Waals surface area contributed by atoms with Gasteiger partial charge in [0.2, 0.25) is 5.91 Å². The van der Waals surface area contributed by atoms with Gasteiger partial charge in [0, 0.05) is 26.2 Å². The highest BCUT2D eigenvalue weighted by Gasteiger charge is 2.25. The van der Waals surface area contributed by atoms with E-state index in [2.05, 4.69) is 9.80 Å². The molecule has 0 atom stereocenters. The van der Waals surface area contributed by atoms with Crippen molar-refractivity contribution in [3.8, 4) is 0 Å². The Morgan fingerprint density at radius 3 is 2.21 bits per heavy atom. The number of likely N-dealkylation sites (tertiary alicyclic amines) is 1. The standard InChI is InChI=1S/C24H38N4O5/c1-3-25(4-2)14-17-28(24(32)33-20-21-10-6-5-7-11-21)18-22(29)27(19-23(30)31)16-15-26-12-8-9-13-26/h5-7,10-11H,3-4,8-9,12-20H2,1-2H3,(H,30,31). The summed E-state index contributed by atoms with van der Waals surface area (Å²) in [5, 5.41) is 9.30. The van der Waals surface area contributed by atoms with Crippen LogP contribution in [0.25, 0.3) is 0 Å². The van der Waals surface area contributed by atoms with Gasteiger partial charge in [0.1, 0.15) is 19.7 Å². The first kappa shape index (κ1) is 26.6. The van der Waals surface area contributed by atoms with E-state index in [1.54, 1.807) is 0 Å². The van der Waals surface area contributed by atoms with Crippen molar-refractivity contribution in [2.45, 2.75) is 33.3 Å². The van der Waals surface area contributed by atoms with Crippen molar-refractivity contribution in [3.63, 3.8) is 0 Å². The van der Waals surface area contributed by atoms with Crippen LogP contribution in [0.3, 0.4) is 0 Å². The number of carbonyl (C=O) groups excluding carboxylic acids is 2. The molecular formula is C24H38N4O5. The fraction of sp³-hybridized carbons (Fsp3) is 0.625. The van der Waals surface area contributed by atoms with E-state index >= 15 is 0 Å². The van der Waals surface area contributed by atoms with Crippen LogP contribution in [0.2, 0.25) is 0 Å². The first-order chi connectivity index (χ1) is 15.9. The van der Waals surface area contributed by atoms with E-state index in [-0.39, 0.29) is 25.6 Å². The first-order valence-electron chi connectivity index (χ1n) is 11.8. The molecule has 9 heteroatoms. The molecule has 0 spiro atoms. The molecule has 1 aliphatic rings. The van der Waals surface area contributed by atoms with Crippen molar-refractivity contribution >= 4 is 18.0 Å². The summed E-state index contributed by atoms with van der Waals surface area (Å²) < 4.78 is 5.47. The number of carbonyl (C=O) groups is 3. The summed E-state index contributed by atoms with van der Waals surface area (Å²) in [6.07, 6.45) is 1.67. The number of carboxylic acid groups (broad SMARTS) is 1. The highest BCUT2D eigenvalue weighted by molar-refractivity contribution is 5.85. The zero-order valence-corrected chi connectivity index (χ0v) is 19.9. The number of benzene rings is 1. The molecule has 1 aliphatic heterocycles. The van der Waals surface area contributed by atoms with Crippen molar-refractivity contribution in [2.24, 2.45) is 0 Å². The summed E-state index contributed by atoms with van der Waals surface area (Å²) in [6.45, 7) is 9.11. The molecule has 0 unspecified atom stereocenters. The third kappa shape index (κ3) is 9.79. The number of rotatable bonds is 14. The van der Waals surface area contributed by atoms with Crippen LogP contribution in [0.5, 0.6) is 0 Å². The Balaban J connectivity index is 2.01. The van der Waals surface area contributed by atoms with Crippen molar-refractivity contribution in [3.05, 3.63) is 35.9 Å². The van der Waals surface area contributed by atoms with Gasteiger partial charge in [0.15, 0.2) is 0 Å². The third-order valence-corrected chi connectivity index (χ3v) is 5.93. The summed E-state index contributed by atoms with van der Waals surface area (Å²) >= 11 is 0. The second-order valence-corrected chi connectivity index (χ2v) is 8.25. The molecule has 0 saturated carbocycles. The van der Waals surface area contributed by atoms with Crippen molar-refractivity contribution in [1.82, 2.24) is 19.6 Å². The quantitative estimate of drug-likeness (QED) is 0.452. The van der Waals surface area contributed by atoms with Gasteiger partial charge in [0.25, 0.3) is 0 Å². The van der Waals surface area contributed by atoms with Gasteiger partial charge in [-0.15, -0.1) is 0 Å². The van der Waals surface area contributed by atoms with E-state index in [4.69, 9.17) is 4.74 Å². The van der Waals surface area contributed by atoms with E-state index in [9.17, 15) is 19.5 Å². The van der Waals surface area contributed by atoms with E-state index in [0.29, 0.717) is 26.2 Å². The molecule has 33 heavy (non-hydrogen) atoms. The van der Waals surface area contributed by atoms with Crippen molar-refractivity contribution in [2.75, 3.05) is 65.4 Å². The molecule has 1 saturated heterocycles. The predicted octanol–water partition coefficient (Wildman–Crippen LogP) is 1.98. The molecule has 1 aromatic rings. The first-order valence-corrected chi connectivity index (χ1v) is 11.8. The Morgan fingerprint density at radius 2 is 1.61 bits per heavy atom. The zero-order chi connectivity index (χ0) is 24.1. The second kappa shape index (κ2) is 14.5. The number of nitrogens with zero attached hydrogens (tertiary/aromatic N) is 4. The van der Waals surface area contributed by atoms with Gasteiger partial charge < -0.3 is 24.5 Å². The Hall–Kier alpha value is -2.65. The van der Waals surface area contributed by atoms with Gasteiger partial charge in [-0.05, 0) is 44.6 Å². The van der Waals surface area contributed by atoms with Gasteiger partial charge in [-0.1, -0.05) is 44.2 Å². The zero-order valence-electron chi connectivity index (χ0n) is 19.9. The number of carboxylic acids is 1. The van der Waals surface area contributed by atoms with Crippen LogP contribution < -0.4 is 0 Å². The normalized spacial score (nSPS) is 13.8. The fourth-order valence-corrected chi connectivity index (χ4v) is 3.83. The highest BCUT2D eigenvalue weighted by Crippen LogP contribution is 2.08. The summed E-state index contributed by atoms with van der Waals surface area (Å²) in [6, 6.07) is 9.36. The van der Waals surface area contributed by atoms with E-state index in [1.807, 2.05) is 44.2 Å². The lowest BCUT2D eigenvalue weighted by Crippen LogP contribution is -2.48. The van der Waals surface area contributed by atoms with Crippen LogP contribution >= 0.6 is 0 Å². The number of amides is 2.